The molecule has 33 heavy (non-hydrogen) atoms. The van der Waals surface area contributed by atoms with E-state index in [9.17, 15) is 19.5 Å². The standard InChI is InChI=1S/C26H33N3O4/c30-18-23(28-16-5-4-9-19-7-2-1-3-8-19)26(33)29-25(32)21-13-11-20(12-14-21)24(31)22-10-6-15-27-17-22/h6,10-15,17,19,23,28,30H,1-5,7-9,16,18H2,(H,29,32,33)/t23-/m0/s1. The number of amides is 2. The number of carbonyl (C=O) groups is 3. The Bertz CT molecular complexity index is 909. The van der Waals surface area contributed by atoms with Crippen LogP contribution in [0, 0.1) is 5.92 Å². The van der Waals surface area contributed by atoms with Gasteiger partial charge in [-0.2, -0.15) is 0 Å². The highest BCUT2D eigenvalue weighted by atomic mass is 16.3. The van der Waals surface area contributed by atoms with Crippen molar-refractivity contribution in [3.8, 4) is 0 Å². The number of hydrogen-bond donors (Lipinski definition) is 3. The van der Waals surface area contributed by atoms with Crippen molar-refractivity contribution in [3.05, 3.63) is 65.5 Å². The third kappa shape index (κ3) is 7.58. The topological polar surface area (TPSA) is 108 Å². The van der Waals surface area contributed by atoms with E-state index in [1.165, 1.54) is 56.9 Å². The number of nitrogens with zero attached hydrogens (tertiary/aromatic N) is 1. The summed E-state index contributed by atoms with van der Waals surface area (Å²) in [5.74, 6) is -0.498. The largest absolute Gasteiger partial charge is 0.394 e. The van der Waals surface area contributed by atoms with Crippen LogP contribution in [0.1, 0.15) is 77.6 Å². The van der Waals surface area contributed by atoms with E-state index in [4.69, 9.17) is 0 Å². The van der Waals surface area contributed by atoms with Gasteiger partial charge in [-0.15, -0.1) is 0 Å². The molecular weight excluding hydrogens is 418 g/mol. The Kier molecular flexibility index (Phi) is 9.72. The van der Waals surface area contributed by atoms with Crippen LogP contribution in [-0.4, -0.2) is 46.9 Å². The van der Waals surface area contributed by atoms with Crippen molar-refractivity contribution in [2.45, 2.75) is 57.4 Å². The highest BCUT2D eigenvalue weighted by molar-refractivity contribution is 6.10. The molecule has 1 saturated carbocycles. The number of ketones is 1. The molecule has 1 aromatic heterocycles. The van der Waals surface area contributed by atoms with Gasteiger partial charge >= 0.3 is 0 Å². The maximum absolute atomic E-state index is 12.4. The van der Waals surface area contributed by atoms with Gasteiger partial charge in [0.1, 0.15) is 6.04 Å². The third-order valence-corrected chi connectivity index (χ3v) is 6.22. The van der Waals surface area contributed by atoms with E-state index in [1.807, 2.05) is 0 Å². The number of rotatable bonds is 11. The Morgan fingerprint density at radius 2 is 1.70 bits per heavy atom. The first-order valence-electron chi connectivity index (χ1n) is 11.8. The molecule has 176 valence electrons. The monoisotopic (exact) mass is 451 g/mol. The van der Waals surface area contributed by atoms with E-state index in [2.05, 4.69) is 15.6 Å². The summed E-state index contributed by atoms with van der Waals surface area (Å²) < 4.78 is 0. The average molecular weight is 452 g/mol. The Morgan fingerprint density at radius 1 is 0.970 bits per heavy atom. The molecule has 0 aliphatic heterocycles. The molecule has 0 radical (unpaired) electrons. The number of imide groups is 1. The molecule has 1 atom stereocenters. The predicted octanol–water partition coefficient (Wildman–Crippen LogP) is 3.27. The summed E-state index contributed by atoms with van der Waals surface area (Å²) in [4.78, 5) is 41.2. The van der Waals surface area contributed by atoms with Crippen molar-refractivity contribution >= 4 is 17.6 Å². The summed E-state index contributed by atoms with van der Waals surface area (Å²) in [6, 6.07) is 8.61. The second-order valence-corrected chi connectivity index (χ2v) is 8.66. The first-order chi connectivity index (χ1) is 16.1. The van der Waals surface area contributed by atoms with Crippen molar-refractivity contribution in [2.24, 2.45) is 5.92 Å². The lowest BCUT2D eigenvalue weighted by molar-refractivity contribution is -0.123. The molecule has 2 amide bonds. The first kappa shape index (κ1) is 24.7. The molecule has 1 aliphatic carbocycles. The third-order valence-electron chi connectivity index (χ3n) is 6.22. The number of unbranched alkanes of at least 4 members (excludes halogenated alkanes) is 1. The molecule has 3 rings (SSSR count). The van der Waals surface area contributed by atoms with Gasteiger partial charge in [-0.25, -0.2) is 0 Å². The zero-order chi connectivity index (χ0) is 23.5. The molecular formula is C26H33N3O4. The Hall–Kier alpha value is -2.90. The number of aliphatic hydroxyl groups excluding tert-OH is 1. The fourth-order valence-corrected chi connectivity index (χ4v) is 4.26. The van der Waals surface area contributed by atoms with Crippen molar-refractivity contribution in [2.75, 3.05) is 13.2 Å². The minimum absolute atomic E-state index is 0.195. The van der Waals surface area contributed by atoms with Crippen LogP contribution in [0.2, 0.25) is 0 Å². The van der Waals surface area contributed by atoms with Gasteiger partial charge in [-0.1, -0.05) is 57.1 Å². The van der Waals surface area contributed by atoms with Crippen molar-refractivity contribution < 1.29 is 19.5 Å². The molecule has 1 aromatic carbocycles. The smallest absolute Gasteiger partial charge is 0.257 e. The van der Waals surface area contributed by atoms with Crippen molar-refractivity contribution in [3.63, 3.8) is 0 Å². The van der Waals surface area contributed by atoms with E-state index in [1.54, 1.807) is 30.5 Å². The molecule has 0 saturated heterocycles. The molecule has 1 fully saturated rings. The second kappa shape index (κ2) is 13.0. The number of pyridine rings is 1. The summed E-state index contributed by atoms with van der Waals surface area (Å²) in [5, 5.41) is 14.9. The van der Waals surface area contributed by atoms with Gasteiger partial charge in [0.05, 0.1) is 6.61 Å². The Morgan fingerprint density at radius 3 is 2.36 bits per heavy atom. The zero-order valence-corrected chi connectivity index (χ0v) is 19.0. The maximum Gasteiger partial charge on any atom is 0.257 e. The highest BCUT2D eigenvalue weighted by Crippen LogP contribution is 2.27. The highest BCUT2D eigenvalue weighted by Gasteiger charge is 2.20. The molecule has 1 aliphatic rings. The summed E-state index contributed by atoms with van der Waals surface area (Å²) >= 11 is 0. The van der Waals surface area contributed by atoms with E-state index < -0.39 is 17.9 Å². The normalized spacial score (nSPS) is 15.1. The molecule has 1 heterocycles. The van der Waals surface area contributed by atoms with Gasteiger partial charge in [0.15, 0.2) is 5.78 Å². The Balaban J connectivity index is 1.43. The van der Waals surface area contributed by atoms with Crippen molar-refractivity contribution in [1.82, 2.24) is 15.6 Å². The van der Waals surface area contributed by atoms with E-state index in [0.29, 0.717) is 17.7 Å². The van der Waals surface area contributed by atoms with Gasteiger partial charge in [-0.3, -0.25) is 24.7 Å². The SMILES string of the molecule is O=C(NC(=O)[C@H](CO)NCCCCC1CCCCC1)c1ccc(C(=O)c2cccnc2)cc1. The minimum atomic E-state index is -0.838. The van der Waals surface area contributed by atoms with Gasteiger partial charge < -0.3 is 10.4 Å². The molecule has 0 bridgehead atoms. The predicted molar refractivity (Wildman–Crippen MR) is 126 cm³/mol. The number of benzene rings is 1. The average Bonchev–Trinajstić information content (AvgIpc) is 2.87. The zero-order valence-electron chi connectivity index (χ0n) is 19.0. The van der Waals surface area contributed by atoms with Gasteiger partial charge in [0, 0.05) is 29.1 Å². The van der Waals surface area contributed by atoms with Crippen LogP contribution in [0.4, 0.5) is 0 Å². The summed E-state index contributed by atoms with van der Waals surface area (Å²) in [6.45, 7) is 0.227. The number of hydrogen-bond acceptors (Lipinski definition) is 6. The molecule has 0 spiro atoms. The lowest BCUT2D eigenvalue weighted by Crippen LogP contribution is -2.48. The number of aromatic nitrogens is 1. The molecule has 2 aromatic rings. The fraction of sp³-hybridized carbons (Fsp3) is 0.462. The molecule has 7 nitrogen and oxygen atoms in total. The van der Waals surface area contributed by atoms with Gasteiger partial charge in [0.2, 0.25) is 5.91 Å². The van der Waals surface area contributed by atoms with Crippen LogP contribution >= 0.6 is 0 Å². The quantitative estimate of drug-likeness (QED) is 0.357. The molecule has 3 N–H and O–H groups in total. The van der Waals surface area contributed by atoms with Crippen LogP contribution in [0.5, 0.6) is 0 Å². The van der Waals surface area contributed by atoms with Crippen LogP contribution in [-0.2, 0) is 4.79 Å². The maximum atomic E-state index is 12.4. The summed E-state index contributed by atoms with van der Waals surface area (Å²) in [5.41, 5.74) is 1.14. The lowest BCUT2D eigenvalue weighted by atomic mass is 9.86. The van der Waals surface area contributed by atoms with Crippen LogP contribution in [0.25, 0.3) is 0 Å². The fourth-order valence-electron chi connectivity index (χ4n) is 4.26. The summed E-state index contributed by atoms with van der Waals surface area (Å²) in [6.07, 6.45) is 13.0. The van der Waals surface area contributed by atoms with Crippen LogP contribution < -0.4 is 10.6 Å². The van der Waals surface area contributed by atoms with Gasteiger partial charge in [-0.05, 0) is 43.1 Å². The van der Waals surface area contributed by atoms with E-state index in [-0.39, 0.29) is 18.0 Å². The van der Waals surface area contributed by atoms with Crippen LogP contribution in [0.15, 0.2) is 48.8 Å². The summed E-state index contributed by atoms with van der Waals surface area (Å²) in [7, 11) is 0. The lowest BCUT2D eigenvalue weighted by Gasteiger charge is -2.21. The Labute approximate surface area is 195 Å². The molecule has 7 heteroatoms. The van der Waals surface area contributed by atoms with E-state index >= 15 is 0 Å². The number of carbonyl (C=O) groups excluding carboxylic acids is 3. The van der Waals surface area contributed by atoms with E-state index in [0.717, 1.165) is 18.8 Å². The molecule has 0 unspecified atom stereocenters. The van der Waals surface area contributed by atoms with Gasteiger partial charge in [0.25, 0.3) is 5.91 Å². The van der Waals surface area contributed by atoms with Crippen LogP contribution in [0.3, 0.4) is 0 Å². The second-order valence-electron chi connectivity index (χ2n) is 8.66. The number of aliphatic hydroxyl groups is 1. The first-order valence-corrected chi connectivity index (χ1v) is 11.8. The minimum Gasteiger partial charge on any atom is -0.394 e. The number of nitrogens with one attached hydrogen (secondary N) is 2. The van der Waals surface area contributed by atoms with Crippen molar-refractivity contribution in [1.29, 1.82) is 0 Å².